The number of halogens is 1. The van der Waals surface area contributed by atoms with Crippen LogP contribution in [0.4, 0.5) is 0 Å². The second kappa shape index (κ2) is 6.07. The van der Waals surface area contributed by atoms with E-state index in [1.165, 1.54) is 0 Å². The van der Waals surface area contributed by atoms with Crippen LogP contribution in [-0.4, -0.2) is 43.7 Å². The van der Waals surface area contributed by atoms with E-state index >= 15 is 0 Å². The predicted octanol–water partition coefficient (Wildman–Crippen LogP) is 1.06. The molecule has 2 unspecified atom stereocenters. The quantitative estimate of drug-likeness (QED) is 0.456. The monoisotopic (exact) mass is 263 g/mol. The number of nitrogens with one attached hydrogen (secondary N) is 1. The summed E-state index contributed by atoms with van der Waals surface area (Å²) < 4.78 is 5.36. The molecule has 98 valence electrons. The molecule has 0 amide bonds. The van der Waals surface area contributed by atoms with Crippen molar-refractivity contribution in [1.29, 1.82) is 0 Å². The molecule has 1 heterocycles. The van der Waals surface area contributed by atoms with Crippen LogP contribution in [0.3, 0.4) is 0 Å². The molecule has 1 N–H and O–H groups in total. The molecule has 0 bridgehead atoms. The molecule has 0 aliphatic carbocycles. The molecule has 0 spiro atoms. The van der Waals surface area contributed by atoms with Crippen molar-refractivity contribution in [2.45, 2.75) is 6.92 Å². The Morgan fingerprint density at radius 2 is 2.29 bits per heavy atom. The Kier molecular flexibility index (Phi) is 5.02. The molecule has 1 saturated heterocycles. The first kappa shape index (κ1) is 14.1. The van der Waals surface area contributed by atoms with Crippen molar-refractivity contribution < 1.29 is 9.66 Å². The third kappa shape index (κ3) is 3.47. The van der Waals surface area contributed by atoms with E-state index in [1.54, 1.807) is 19.0 Å². The lowest BCUT2D eigenvalue weighted by Crippen LogP contribution is -2.34. The molecule has 0 aromatic heterocycles. The molecule has 1 aliphatic rings. The summed E-state index contributed by atoms with van der Waals surface area (Å²) >= 11 is 5.64. The topological polar surface area (TPSA) is 67.6 Å². The van der Waals surface area contributed by atoms with Gasteiger partial charge in [-0.3, -0.25) is 10.1 Å². The molecule has 1 fully saturated rings. The normalized spacial score (nSPS) is 25.4. The van der Waals surface area contributed by atoms with Crippen LogP contribution in [0.1, 0.15) is 6.92 Å². The van der Waals surface area contributed by atoms with Crippen LogP contribution in [0.25, 0.3) is 0 Å². The Bertz CT molecular complexity index is 322. The highest BCUT2D eigenvalue weighted by Gasteiger charge is 2.27. The van der Waals surface area contributed by atoms with Crippen molar-refractivity contribution in [3.63, 3.8) is 0 Å². The molecule has 7 heteroatoms. The Hall–Kier alpha value is -1.01. The van der Waals surface area contributed by atoms with Gasteiger partial charge in [-0.1, -0.05) is 6.92 Å². The molecule has 0 saturated carbocycles. The lowest BCUT2D eigenvalue weighted by atomic mass is 9.98. The van der Waals surface area contributed by atoms with Gasteiger partial charge < -0.3 is 15.0 Å². The highest BCUT2D eigenvalue weighted by Crippen LogP contribution is 2.22. The van der Waals surface area contributed by atoms with Crippen LogP contribution < -0.4 is 5.32 Å². The average Bonchev–Trinajstić information content (AvgIpc) is 2.65. The Morgan fingerprint density at radius 1 is 1.65 bits per heavy atom. The third-order valence-corrected chi connectivity index (χ3v) is 3.32. The van der Waals surface area contributed by atoms with Gasteiger partial charge in [-0.2, -0.15) is 0 Å². The SMILES string of the molecule is CNC(=C(Cl)[N+](=O)[O-])N(C)CC1COCC1C. The van der Waals surface area contributed by atoms with Gasteiger partial charge in [-0.15, -0.1) is 0 Å². The third-order valence-electron chi connectivity index (χ3n) is 3.00. The van der Waals surface area contributed by atoms with Crippen molar-refractivity contribution in [3.8, 4) is 0 Å². The van der Waals surface area contributed by atoms with Gasteiger partial charge in [-0.25, -0.2) is 0 Å². The van der Waals surface area contributed by atoms with Gasteiger partial charge in [0.15, 0.2) is 5.82 Å². The lowest BCUT2D eigenvalue weighted by molar-refractivity contribution is -0.414. The van der Waals surface area contributed by atoms with E-state index in [9.17, 15) is 10.1 Å². The first-order valence-electron chi connectivity index (χ1n) is 5.48. The first-order valence-corrected chi connectivity index (χ1v) is 5.86. The maximum atomic E-state index is 10.6. The van der Waals surface area contributed by atoms with Crippen LogP contribution in [0.2, 0.25) is 0 Å². The van der Waals surface area contributed by atoms with Gasteiger partial charge in [0.1, 0.15) is 0 Å². The van der Waals surface area contributed by atoms with Gasteiger partial charge in [0, 0.05) is 33.2 Å². The largest absolute Gasteiger partial charge is 0.381 e. The zero-order valence-corrected chi connectivity index (χ0v) is 11.0. The molecular formula is C10H18ClN3O3. The molecule has 0 aromatic rings. The molecule has 6 nitrogen and oxygen atoms in total. The van der Waals surface area contributed by atoms with Gasteiger partial charge >= 0.3 is 5.16 Å². The van der Waals surface area contributed by atoms with Crippen molar-refractivity contribution >= 4 is 11.6 Å². The lowest BCUT2D eigenvalue weighted by Gasteiger charge is -2.25. The van der Waals surface area contributed by atoms with E-state index in [0.717, 1.165) is 6.61 Å². The molecule has 0 aromatic carbocycles. The highest BCUT2D eigenvalue weighted by molar-refractivity contribution is 6.28. The van der Waals surface area contributed by atoms with E-state index in [-0.39, 0.29) is 5.16 Å². The minimum Gasteiger partial charge on any atom is -0.381 e. The summed E-state index contributed by atoms with van der Waals surface area (Å²) in [4.78, 5) is 11.8. The van der Waals surface area contributed by atoms with Crippen molar-refractivity contribution in [2.75, 3.05) is 33.9 Å². The second-order valence-corrected chi connectivity index (χ2v) is 4.66. The van der Waals surface area contributed by atoms with Gasteiger partial charge in [0.2, 0.25) is 0 Å². The summed E-state index contributed by atoms with van der Waals surface area (Å²) in [5.74, 6) is 1.17. The summed E-state index contributed by atoms with van der Waals surface area (Å²) in [6.45, 7) is 4.24. The highest BCUT2D eigenvalue weighted by atomic mass is 35.5. The van der Waals surface area contributed by atoms with Gasteiger partial charge in [0.25, 0.3) is 0 Å². The van der Waals surface area contributed by atoms with Crippen LogP contribution in [0.5, 0.6) is 0 Å². The van der Waals surface area contributed by atoms with E-state index in [0.29, 0.717) is 30.8 Å². The second-order valence-electron chi connectivity index (χ2n) is 4.30. The fourth-order valence-electron chi connectivity index (χ4n) is 1.92. The Balaban J connectivity index is 2.70. The number of hydrogen-bond donors (Lipinski definition) is 1. The number of nitrogens with zero attached hydrogens (tertiary/aromatic N) is 2. The van der Waals surface area contributed by atoms with Crippen LogP contribution in [0.15, 0.2) is 11.0 Å². The minimum absolute atomic E-state index is 0.329. The van der Waals surface area contributed by atoms with Crippen LogP contribution in [-0.2, 0) is 4.74 Å². The maximum Gasteiger partial charge on any atom is 0.377 e. The zero-order chi connectivity index (χ0) is 13.0. The van der Waals surface area contributed by atoms with Gasteiger partial charge in [0.05, 0.1) is 11.5 Å². The van der Waals surface area contributed by atoms with Crippen LogP contribution >= 0.6 is 11.6 Å². The molecule has 0 radical (unpaired) electrons. The van der Waals surface area contributed by atoms with Crippen LogP contribution in [0, 0.1) is 22.0 Å². The standard InChI is InChI=1S/C10H18ClN3O3/c1-7-5-17-6-8(7)4-13(3)10(12-2)9(11)14(15)16/h7-8,12H,4-6H2,1-3H3. The number of ether oxygens (including phenoxy) is 1. The van der Waals surface area contributed by atoms with Crippen molar-refractivity contribution in [2.24, 2.45) is 11.8 Å². The smallest absolute Gasteiger partial charge is 0.377 e. The van der Waals surface area contributed by atoms with E-state index in [4.69, 9.17) is 16.3 Å². The van der Waals surface area contributed by atoms with E-state index in [2.05, 4.69) is 12.2 Å². The fraction of sp³-hybridized carbons (Fsp3) is 0.800. The summed E-state index contributed by atoms with van der Waals surface area (Å²) in [6.07, 6.45) is 0. The number of rotatable bonds is 5. The minimum atomic E-state index is -0.599. The zero-order valence-electron chi connectivity index (χ0n) is 10.3. The van der Waals surface area contributed by atoms with Crippen molar-refractivity contribution in [1.82, 2.24) is 10.2 Å². The average molecular weight is 264 g/mol. The van der Waals surface area contributed by atoms with E-state index < -0.39 is 4.92 Å². The maximum absolute atomic E-state index is 10.6. The first-order chi connectivity index (χ1) is 7.97. The van der Waals surface area contributed by atoms with Gasteiger partial charge in [-0.05, 0) is 17.5 Å². The Labute approximate surface area is 106 Å². The molecule has 2 atom stereocenters. The fourth-order valence-corrected chi connectivity index (χ4v) is 2.16. The molecule has 1 rings (SSSR count). The number of hydrogen-bond acceptors (Lipinski definition) is 5. The van der Waals surface area contributed by atoms with E-state index in [1.807, 2.05) is 0 Å². The summed E-state index contributed by atoms with van der Waals surface area (Å²) in [6, 6.07) is 0. The summed E-state index contributed by atoms with van der Waals surface area (Å²) in [7, 11) is 3.40. The summed E-state index contributed by atoms with van der Waals surface area (Å²) in [5.41, 5.74) is 0. The molecule has 17 heavy (non-hydrogen) atoms. The Morgan fingerprint density at radius 3 is 2.71 bits per heavy atom. The summed E-state index contributed by atoms with van der Waals surface area (Å²) in [5, 5.41) is 13.0. The van der Waals surface area contributed by atoms with Crippen molar-refractivity contribution in [3.05, 3.63) is 21.1 Å². The molecule has 1 aliphatic heterocycles. The predicted molar refractivity (Wildman–Crippen MR) is 65.0 cm³/mol. The number of nitro groups is 1. The molecular weight excluding hydrogens is 246 g/mol.